The van der Waals surface area contributed by atoms with Gasteiger partial charge in [0.05, 0.1) is 0 Å². The summed E-state index contributed by atoms with van der Waals surface area (Å²) in [5.74, 6) is -0.859. The van der Waals surface area contributed by atoms with Crippen molar-refractivity contribution in [3.05, 3.63) is 48.6 Å². The molecule has 6 heteroatoms. The van der Waals surface area contributed by atoms with Gasteiger partial charge in [-0.25, -0.2) is 0 Å². The van der Waals surface area contributed by atoms with Gasteiger partial charge in [-0.3, -0.25) is 14.4 Å². The maximum atomic E-state index is 12.9. The summed E-state index contributed by atoms with van der Waals surface area (Å²) in [6.07, 6.45) is 84.6. The van der Waals surface area contributed by atoms with E-state index in [1.807, 2.05) is 0 Å². The highest BCUT2D eigenvalue weighted by Crippen LogP contribution is 2.18. The molecule has 0 aliphatic heterocycles. The topological polar surface area (TPSA) is 78.9 Å². The molecule has 0 aromatic carbocycles. The van der Waals surface area contributed by atoms with Crippen LogP contribution in [0.1, 0.15) is 374 Å². The Morgan fingerprint density at radius 2 is 0.462 bits per heavy atom. The number of hydrogen-bond donors (Lipinski definition) is 0. The van der Waals surface area contributed by atoms with Crippen LogP contribution in [-0.2, 0) is 28.6 Å². The van der Waals surface area contributed by atoms with Crippen LogP contribution in [0.3, 0.4) is 0 Å². The fourth-order valence-corrected chi connectivity index (χ4v) is 10.3. The molecule has 1 atom stereocenters. The predicted molar refractivity (Wildman–Crippen MR) is 339 cm³/mol. The van der Waals surface area contributed by atoms with Gasteiger partial charge in [-0.15, -0.1) is 0 Å². The second-order valence-corrected chi connectivity index (χ2v) is 23.4. The lowest BCUT2D eigenvalue weighted by molar-refractivity contribution is -0.167. The van der Waals surface area contributed by atoms with E-state index in [4.69, 9.17) is 14.2 Å². The Hall–Kier alpha value is -2.63. The fourth-order valence-electron chi connectivity index (χ4n) is 10.3. The molecule has 0 fully saturated rings. The Balaban J connectivity index is 4.01. The zero-order valence-electron chi connectivity index (χ0n) is 52.5. The summed E-state index contributed by atoms with van der Waals surface area (Å²) in [6, 6.07) is 0. The first-order valence-electron chi connectivity index (χ1n) is 34.6. The third-order valence-corrected chi connectivity index (χ3v) is 15.6. The van der Waals surface area contributed by atoms with Crippen LogP contribution in [0.5, 0.6) is 0 Å². The van der Waals surface area contributed by atoms with Crippen molar-refractivity contribution in [2.45, 2.75) is 380 Å². The van der Waals surface area contributed by atoms with Crippen LogP contribution in [0.2, 0.25) is 0 Å². The summed E-state index contributed by atoms with van der Waals surface area (Å²) in [5.41, 5.74) is 0. The first-order valence-corrected chi connectivity index (χ1v) is 34.6. The van der Waals surface area contributed by atoms with Crippen molar-refractivity contribution >= 4 is 17.9 Å². The SMILES string of the molecule is CCCCCCC/C=C\C/C=C\C/C=C\CCCCCCCCCCCCCCCCC(=O)OCC(COC(=O)CCCCCCCC)OC(=O)CCCCCCCCCCCCCCC/C=C\CCCCCCCCCC. The van der Waals surface area contributed by atoms with Gasteiger partial charge in [0.2, 0.25) is 0 Å². The van der Waals surface area contributed by atoms with Gasteiger partial charge >= 0.3 is 17.9 Å². The molecule has 0 bridgehead atoms. The van der Waals surface area contributed by atoms with Crippen molar-refractivity contribution in [2.24, 2.45) is 0 Å². The van der Waals surface area contributed by atoms with Gasteiger partial charge in [0.1, 0.15) is 13.2 Å². The van der Waals surface area contributed by atoms with Gasteiger partial charge in [0.15, 0.2) is 6.10 Å². The lowest BCUT2D eigenvalue weighted by atomic mass is 10.0. The average Bonchev–Trinajstić information content (AvgIpc) is 3.44. The molecule has 0 radical (unpaired) electrons. The second kappa shape index (κ2) is 66.9. The van der Waals surface area contributed by atoms with E-state index in [9.17, 15) is 14.4 Å². The molecule has 78 heavy (non-hydrogen) atoms. The van der Waals surface area contributed by atoms with E-state index >= 15 is 0 Å². The van der Waals surface area contributed by atoms with Crippen LogP contribution in [0.15, 0.2) is 48.6 Å². The number of unbranched alkanes of at least 4 members (excludes halogenated alkanes) is 45. The van der Waals surface area contributed by atoms with Crippen LogP contribution in [0.4, 0.5) is 0 Å². The summed E-state index contributed by atoms with van der Waals surface area (Å²) >= 11 is 0. The predicted octanol–water partition coefficient (Wildman–Crippen LogP) is 23.7. The van der Waals surface area contributed by atoms with Gasteiger partial charge in [-0.05, 0) is 83.5 Å². The summed E-state index contributed by atoms with van der Waals surface area (Å²) in [6.45, 7) is 6.62. The maximum Gasteiger partial charge on any atom is 0.306 e. The largest absolute Gasteiger partial charge is 0.462 e. The van der Waals surface area contributed by atoms with Crippen LogP contribution < -0.4 is 0 Å². The quantitative estimate of drug-likeness (QED) is 0.0261. The van der Waals surface area contributed by atoms with Crippen molar-refractivity contribution in [1.82, 2.24) is 0 Å². The van der Waals surface area contributed by atoms with Crippen molar-refractivity contribution in [2.75, 3.05) is 13.2 Å². The zero-order valence-corrected chi connectivity index (χ0v) is 52.5. The molecule has 0 heterocycles. The highest BCUT2D eigenvalue weighted by Gasteiger charge is 2.19. The second-order valence-electron chi connectivity index (χ2n) is 23.4. The number of hydrogen-bond acceptors (Lipinski definition) is 6. The first kappa shape index (κ1) is 75.4. The molecule has 0 aromatic heterocycles. The van der Waals surface area contributed by atoms with Crippen molar-refractivity contribution in [3.63, 3.8) is 0 Å². The standard InChI is InChI=1S/C72H132O6/c1-4-7-10-13-16-18-20-22-24-26-28-30-32-34-35-36-37-39-40-42-44-46-48-50-52-54-56-59-62-65-71(74)77-68-69(67-76-70(73)64-61-58-15-12-9-6-3)78-72(75)66-63-60-57-55-53-51-49-47-45-43-41-38-33-31-29-27-25-23-21-19-17-14-11-8-5-2/h20,22,26-29,32,34,69H,4-19,21,23-25,30-31,33,35-68H2,1-3H3/b22-20-,28-26-,29-27-,34-32-. The van der Waals surface area contributed by atoms with Gasteiger partial charge < -0.3 is 14.2 Å². The van der Waals surface area contributed by atoms with E-state index in [1.165, 1.54) is 263 Å². The normalized spacial score (nSPS) is 12.3. The zero-order chi connectivity index (χ0) is 56.4. The molecule has 0 rings (SSSR count). The minimum atomic E-state index is -0.769. The smallest absolute Gasteiger partial charge is 0.306 e. The molecule has 0 N–H and O–H groups in total. The number of ether oxygens (including phenoxy) is 3. The van der Waals surface area contributed by atoms with Crippen molar-refractivity contribution < 1.29 is 28.6 Å². The first-order chi connectivity index (χ1) is 38.5. The lowest BCUT2D eigenvalue weighted by Crippen LogP contribution is -2.30. The van der Waals surface area contributed by atoms with Crippen molar-refractivity contribution in [1.29, 1.82) is 0 Å². The molecule has 0 aliphatic rings. The minimum absolute atomic E-state index is 0.0696. The average molecular weight is 1090 g/mol. The molecular weight excluding hydrogens is 961 g/mol. The van der Waals surface area contributed by atoms with Crippen LogP contribution >= 0.6 is 0 Å². The highest BCUT2D eigenvalue weighted by atomic mass is 16.6. The van der Waals surface area contributed by atoms with Gasteiger partial charge in [-0.2, -0.15) is 0 Å². The molecule has 1 unspecified atom stereocenters. The highest BCUT2D eigenvalue weighted by molar-refractivity contribution is 5.71. The number of carbonyl (C=O) groups excluding carboxylic acids is 3. The molecule has 456 valence electrons. The van der Waals surface area contributed by atoms with E-state index in [2.05, 4.69) is 69.4 Å². The fraction of sp³-hybridized carbons (Fsp3) is 0.847. The summed E-state index contributed by atoms with van der Waals surface area (Å²) in [5, 5.41) is 0. The number of carbonyl (C=O) groups is 3. The summed E-state index contributed by atoms with van der Waals surface area (Å²) < 4.78 is 16.9. The molecule has 0 saturated heterocycles. The summed E-state index contributed by atoms with van der Waals surface area (Å²) in [7, 11) is 0. The Labute approximate surface area is 486 Å². The maximum absolute atomic E-state index is 12.9. The Kier molecular flexibility index (Phi) is 64.6. The number of esters is 3. The van der Waals surface area contributed by atoms with Gasteiger partial charge in [0, 0.05) is 19.3 Å². The van der Waals surface area contributed by atoms with E-state index < -0.39 is 6.10 Å². The Bertz CT molecular complexity index is 1350. The van der Waals surface area contributed by atoms with Crippen molar-refractivity contribution in [3.8, 4) is 0 Å². The van der Waals surface area contributed by atoms with E-state index in [0.717, 1.165) is 70.6 Å². The molecule has 0 spiro atoms. The van der Waals surface area contributed by atoms with Crippen LogP contribution in [0.25, 0.3) is 0 Å². The number of rotatable bonds is 64. The molecule has 0 amide bonds. The van der Waals surface area contributed by atoms with Crippen LogP contribution in [-0.4, -0.2) is 37.2 Å². The Morgan fingerprint density at radius 3 is 0.731 bits per heavy atom. The van der Waals surface area contributed by atoms with Crippen LogP contribution in [0, 0.1) is 0 Å². The minimum Gasteiger partial charge on any atom is -0.462 e. The molecule has 0 aromatic rings. The van der Waals surface area contributed by atoms with Gasteiger partial charge in [-0.1, -0.05) is 320 Å². The lowest BCUT2D eigenvalue weighted by Gasteiger charge is -2.18. The third-order valence-electron chi connectivity index (χ3n) is 15.6. The van der Waals surface area contributed by atoms with E-state index in [1.54, 1.807) is 0 Å². The third kappa shape index (κ3) is 64.2. The van der Waals surface area contributed by atoms with E-state index in [0.29, 0.717) is 19.3 Å². The molecular formula is C72H132O6. The Morgan fingerprint density at radius 1 is 0.256 bits per heavy atom. The molecule has 0 aliphatic carbocycles. The van der Waals surface area contributed by atoms with E-state index in [-0.39, 0.29) is 31.1 Å². The monoisotopic (exact) mass is 1090 g/mol. The van der Waals surface area contributed by atoms with Gasteiger partial charge in [0.25, 0.3) is 0 Å². The molecule has 0 saturated carbocycles. The summed E-state index contributed by atoms with van der Waals surface area (Å²) in [4.78, 5) is 38.1. The number of allylic oxidation sites excluding steroid dienone is 8. The molecule has 6 nitrogen and oxygen atoms in total.